The lowest BCUT2D eigenvalue weighted by Gasteiger charge is -2.33. The number of nitrogens with zero attached hydrogens (tertiary/aromatic N) is 2. The zero-order chi connectivity index (χ0) is 24.2. The Balaban J connectivity index is 2.06. The molecule has 0 unspecified atom stereocenters. The van der Waals surface area contributed by atoms with Crippen LogP contribution in [0.2, 0.25) is 0 Å². The van der Waals surface area contributed by atoms with Crippen LogP contribution in [0.25, 0.3) is 0 Å². The summed E-state index contributed by atoms with van der Waals surface area (Å²) in [5.74, 6) is 1.86. The molecule has 1 fully saturated rings. The van der Waals surface area contributed by atoms with E-state index in [1.807, 2.05) is 30.3 Å². The molecule has 0 saturated carbocycles. The highest BCUT2D eigenvalue weighted by atomic mass is 16.5. The maximum absolute atomic E-state index is 13.4. The average molecular weight is 457 g/mol. The molecular formula is C25H36N4O4. The van der Waals surface area contributed by atoms with Gasteiger partial charge >= 0.3 is 0 Å². The molecule has 8 nitrogen and oxygen atoms in total. The first-order valence-electron chi connectivity index (χ1n) is 11.5. The van der Waals surface area contributed by atoms with E-state index in [1.165, 1.54) is 0 Å². The van der Waals surface area contributed by atoms with Gasteiger partial charge in [-0.2, -0.15) is 0 Å². The van der Waals surface area contributed by atoms with Gasteiger partial charge in [-0.1, -0.05) is 36.3 Å². The highest BCUT2D eigenvalue weighted by molar-refractivity contribution is 5.90. The van der Waals surface area contributed by atoms with Crippen LogP contribution < -0.4 is 10.6 Å². The molecule has 0 spiro atoms. The van der Waals surface area contributed by atoms with Crippen molar-refractivity contribution in [3.05, 3.63) is 35.9 Å². The van der Waals surface area contributed by atoms with Crippen molar-refractivity contribution >= 4 is 17.7 Å². The lowest BCUT2D eigenvalue weighted by Crippen LogP contribution is -2.56. The third-order valence-electron chi connectivity index (χ3n) is 5.96. The van der Waals surface area contributed by atoms with Crippen LogP contribution in [0.3, 0.4) is 0 Å². The topological polar surface area (TPSA) is 91.0 Å². The fourth-order valence-corrected chi connectivity index (χ4v) is 3.89. The minimum absolute atomic E-state index is 0.00113. The molecule has 3 amide bonds. The minimum Gasteiger partial charge on any atom is -0.366 e. The number of likely N-dealkylation sites (tertiary alicyclic amines) is 1. The molecule has 180 valence electrons. The Kier molecular flexibility index (Phi) is 10.9. The molecule has 0 aromatic heterocycles. The Morgan fingerprint density at radius 2 is 2.03 bits per heavy atom. The minimum atomic E-state index is -0.836. The van der Waals surface area contributed by atoms with E-state index in [0.29, 0.717) is 19.6 Å². The molecule has 1 aromatic carbocycles. The van der Waals surface area contributed by atoms with Crippen LogP contribution in [0.4, 0.5) is 0 Å². The van der Waals surface area contributed by atoms with Gasteiger partial charge in [-0.15, -0.1) is 6.42 Å². The van der Waals surface area contributed by atoms with E-state index in [4.69, 9.17) is 11.2 Å². The first-order chi connectivity index (χ1) is 15.9. The van der Waals surface area contributed by atoms with E-state index < -0.39 is 12.1 Å². The van der Waals surface area contributed by atoms with Gasteiger partial charge in [0.15, 0.2) is 0 Å². The molecule has 3 atom stereocenters. The smallest absolute Gasteiger partial charge is 0.247 e. The second-order valence-corrected chi connectivity index (χ2v) is 8.32. The molecule has 2 rings (SSSR count). The number of hydrogen-bond acceptors (Lipinski definition) is 5. The van der Waals surface area contributed by atoms with Crippen LogP contribution in [0.15, 0.2) is 30.3 Å². The largest absolute Gasteiger partial charge is 0.366 e. The lowest BCUT2D eigenvalue weighted by molar-refractivity contribution is -0.140. The molecule has 0 bridgehead atoms. The van der Waals surface area contributed by atoms with Gasteiger partial charge in [-0.25, -0.2) is 0 Å². The number of terminal acetylenes is 1. The molecular weight excluding hydrogens is 420 g/mol. The van der Waals surface area contributed by atoms with E-state index in [1.54, 1.807) is 30.7 Å². The average Bonchev–Trinajstić information content (AvgIpc) is 3.28. The van der Waals surface area contributed by atoms with Gasteiger partial charge in [-0.05, 0) is 38.8 Å². The number of hydrogen-bond donors (Lipinski definition) is 2. The fourth-order valence-electron chi connectivity index (χ4n) is 3.89. The van der Waals surface area contributed by atoms with E-state index in [2.05, 4.69) is 16.6 Å². The monoisotopic (exact) mass is 456 g/mol. The number of carbonyl (C=O) groups is 3. The summed E-state index contributed by atoms with van der Waals surface area (Å²) < 4.78 is 5.40. The Morgan fingerprint density at radius 3 is 2.67 bits per heavy atom. The summed E-state index contributed by atoms with van der Waals surface area (Å²) in [5.41, 5.74) is 1.16. The normalized spacial score (nSPS) is 17.2. The Hall–Kier alpha value is -2.89. The number of likely N-dealkylation sites (N-methyl/N-ethyl adjacent to an activating group) is 1. The van der Waals surface area contributed by atoms with Crippen LogP contribution >= 0.6 is 0 Å². The fraction of sp³-hybridized carbons (Fsp3) is 0.560. The van der Waals surface area contributed by atoms with Gasteiger partial charge in [-0.3, -0.25) is 14.4 Å². The third kappa shape index (κ3) is 8.19. The number of nitrogens with one attached hydrogen (secondary N) is 2. The number of benzene rings is 1. The summed E-state index contributed by atoms with van der Waals surface area (Å²) in [6.45, 7) is 4.96. The van der Waals surface area contributed by atoms with E-state index in [-0.39, 0.29) is 37.0 Å². The molecule has 1 aromatic rings. The van der Waals surface area contributed by atoms with Crippen LogP contribution in [-0.2, 0) is 25.5 Å². The van der Waals surface area contributed by atoms with Crippen LogP contribution in [-0.4, -0.2) is 85.5 Å². The van der Waals surface area contributed by atoms with Crippen molar-refractivity contribution in [3.8, 4) is 12.3 Å². The second kappa shape index (κ2) is 13.6. The molecule has 8 heteroatoms. The van der Waals surface area contributed by atoms with Crippen molar-refractivity contribution in [2.45, 2.75) is 51.2 Å². The van der Waals surface area contributed by atoms with Gasteiger partial charge in [0.05, 0.1) is 12.6 Å². The van der Waals surface area contributed by atoms with Crippen molar-refractivity contribution in [1.29, 1.82) is 0 Å². The number of rotatable bonds is 12. The molecule has 0 aliphatic carbocycles. The summed E-state index contributed by atoms with van der Waals surface area (Å²) in [6.07, 6.45) is 7.66. The molecule has 0 radical (unpaired) electrons. The number of ether oxygens (including phenoxy) is 1. The van der Waals surface area contributed by atoms with Crippen molar-refractivity contribution in [2.75, 3.05) is 39.9 Å². The SMILES string of the molecule is C#CCOC[C@H](NC(=O)[C@H](C)NC)C(=O)N1CCC[C@H]1CN(CCc1ccccc1)C(C)=O. The summed E-state index contributed by atoms with van der Waals surface area (Å²) >= 11 is 0. The van der Waals surface area contributed by atoms with Gasteiger partial charge in [0.1, 0.15) is 12.6 Å². The standard InChI is InChI=1S/C25H36N4O4/c1-5-16-33-18-23(27-24(31)19(2)26-4)25(32)29-14-9-12-22(29)17-28(20(3)30)15-13-21-10-7-6-8-11-21/h1,6-8,10-11,19,22-23,26H,9,12-18H2,2-4H3,(H,27,31)/t19-,22-,23-/m0/s1. The molecule has 2 N–H and O–H groups in total. The van der Waals surface area contributed by atoms with Gasteiger partial charge in [0, 0.05) is 32.6 Å². The summed E-state index contributed by atoms with van der Waals surface area (Å²) in [5, 5.41) is 5.65. The predicted octanol–water partition coefficient (Wildman–Crippen LogP) is 0.811. The van der Waals surface area contributed by atoms with Gasteiger partial charge in [0.2, 0.25) is 17.7 Å². The van der Waals surface area contributed by atoms with Crippen LogP contribution in [0.1, 0.15) is 32.3 Å². The number of carbonyl (C=O) groups excluding carboxylic acids is 3. The molecule has 33 heavy (non-hydrogen) atoms. The van der Waals surface area contributed by atoms with E-state index in [9.17, 15) is 14.4 Å². The highest BCUT2D eigenvalue weighted by Crippen LogP contribution is 2.20. The van der Waals surface area contributed by atoms with Crippen LogP contribution in [0, 0.1) is 12.3 Å². The first kappa shape index (κ1) is 26.4. The zero-order valence-electron chi connectivity index (χ0n) is 19.9. The van der Waals surface area contributed by atoms with Crippen molar-refractivity contribution in [2.24, 2.45) is 0 Å². The maximum atomic E-state index is 13.4. The molecule has 1 aliphatic heterocycles. The Bertz CT molecular complexity index is 823. The maximum Gasteiger partial charge on any atom is 0.247 e. The highest BCUT2D eigenvalue weighted by Gasteiger charge is 2.35. The summed E-state index contributed by atoms with van der Waals surface area (Å²) in [4.78, 5) is 41.7. The quantitative estimate of drug-likeness (QED) is 0.359. The van der Waals surface area contributed by atoms with Crippen molar-refractivity contribution in [3.63, 3.8) is 0 Å². The molecule has 1 saturated heterocycles. The lowest BCUT2D eigenvalue weighted by atomic mass is 10.1. The van der Waals surface area contributed by atoms with Gasteiger partial charge < -0.3 is 25.2 Å². The first-order valence-corrected chi connectivity index (χ1v) is 11.5. The third-order valence-corrected chi connectivity index (χ3v) is 5.96. The number of amides is 3. The van der Waals surface area contributed by atoms with Crippen molar-refractivity contribution in [1.82, 2.24) is 20.4 Å². The summed E-state index contributed by atoms with van der Waals surface area (Å²) in [7, 11) is 1.68. The molecule has 1 heterocycles. The zero-order valence-corrected chi connectivity index (χ0v) is 19.9. The van der Waals surface area contributed by atoms with Crippen LogP contribution in [0.5, 0.6) is 0 Å². The van der Waals surface area contributed by atoms with E-state index >= 15 is 0 Å². The Morgan fingerprint density at radius 1 is 1.30 bits per heavy atom. The molecule has 1 aliphatic rings. The summed E-state index contributed by atoms with van der Waals surface area (Å²) in [6, 6.07) is 8.62. The van der Waals surface area contributed by atoms with Gasteiger partial charge in [0.25, 0.3) is 0 Å². The predicted molar refractivity (Wildman–Crippen MR) is 127 cm³/mol. The second-order valence-electron chi connectivity index (χ2n) is 8.32. The van der Waals surface area contributed by atoms with E-state index in [0.717, 1.165) is 24.8 Å². The Labute approximate surface area is 197 Å². The van der Waals surface area contributed by atoms with Crippen molar-refractivity contribution < 1.29 is 19.1 Å².